The number of aromatic amines is 1. The minimum Gasteiger partial charge on any atom is -0.347 e. The Labute approximate surface area is 140 Å². The van der Waals surface area contributed by atoms with E-state index in [0.717, 1.165) is 0 Å². The summed E-state index contributed by atoms with van der Waals surface area (Å²) in [6.45, 7) is 5.77. The number of ether oxygens (including phenoxy) is 1. The number of nitrogens with one attached hydrogen (secondary N) is 1. The van der Waals surface area contributed by atoms with E-state index in [1.807, 2.05) is 0 Å². The number of aromatic nitrogens is 2. The van der Waals surface area contributed by atoms with Gasteiger partial charge in [0.1, 0.15) is 0 Å². The summed E-state index contributed by atoms with van der Waals surface area (Å²) in [7, 11) is -3.12. The molecular formula is C15H23N2O6P. The van der Waals surface area contributed by atoms with Crippen molar-refractivity contribution in [3.8, 4) is 0 Å². The van der Waals surface area contributed by atoms with Crippen LogP contribution in [-0.2, 0) is 18.3 Å². The molecule has 2 atom stereocenters. The summed E-state index contributed by atoms with van der Waals surface area (Å²) in [5.74, 6) is 0. The van der Waals surface area contributed by atoms with Gasteiger partial charge in [-0.2, -0.15) is 0 Å². The lowest BCUT2D eigenvalue weighted by Crippen LogP contribution is -2.33. The molecule has 0 saturated heterocycles. The first kappa shape index (κ1) is 18.9. The Morgan fingerprint density at radius 2 is 1.92 bits per heavy atom. The Kier molecular flexibility index (Phi) is 6.34. The van der Waals surface area contributed by atoms with E-state index in [-0.39, 0.29) is 12.3 Å². The average Bonchev–Trinajstić information content (AvgIpc) is 2.98. The van der Waals surface area contributed by atoms with Gasteiger partial charge >= 0.3 is 13.3 Å². The lowest BCUT2D eigenvalue weighted by Gasteiger charge is -2.20. The van der Waals surface area contributed by atoms with Gasteiger partial charge in [-0.3, -0.25) is 18.9 Å². The third-order valence-electron chi connectivity index (χ3n) is 3.56. The molecule has 1 aliphatic heterocycles. The highest BCUT2D eigenvalue weighted by atomic mass is 31.2. The molecule has 1 aromatic heterocycles. The van der Waals surface area contributed by atoms with Crippen molar-refractivity contribution in [3.63, 3.8) is 0 Å². The summed E-state index contributed by atoms with van der Waals surface area (Å²) >= 11 is 0. The third kappa shape index (κ3) is 4.54. The third-order valence-corrected chi connectivity index (χ3v) is 5.67. The van der Waals surface area contributed by atoms with Crippen LogP contribution in [0.2, 0.25) is 0 Å². The quantitative estimate of drug-likeness (QED) is 0.563. The number of H-pyrrole nitrogens is 1. The largest absolute Gasteiger partial charge is 0.347 e. The summed E-state index contributed by atoms with van der Waals surface area (Å²) in [6, 6.07) is 0. The Balaban J connectivity index is 2.00. The fourth-order valence-corrected chi connectivity index (χ4v) is 4.12. The standard InChI is InChI=1S/C15H23N2O6P/c1-4-21-24(20,22-5-2)9-8-12-6-7-13(23-12)17-10-11(3)14(18)16-15(17)19/h6-7,10,12-13H,4-5,8-9H2,1-3H3,(H,16,18,19)/t12-,13+/m0/s1. The molecule has 0 aromatic carbocycles. The fraction of sp³-hybridized carbons (Fsp3) is 0.600. The summed E-state index contributed by atoms with van der Waals surface area (Å²) in [4.78, 5) is 25.5. The lowest BCUT2D eigenvalue weighted by molar-refractivity contribution is 0.0135. The van der Waals surface area contributed by atoms with Crippen LogP contribution in [0.4, 0.5) is 0 Å². The maximum Gasteiger partial charge on any atom is 0.330 e. The summed E-state index contributed by atoms with van der Waals surface area (Å²) in [5.41, 5.74) is -0.522. The molecule has 0 fully saturated rings. The van der Waals surface area contributed by atoms with Crippen molar-refractivity contribution in [2.45, 2.75) is 39.5 Å². The zero-order chi connectivity index (χ0) is 17.7. The highest BCUT2D eigenvalue weighted by Crippen LogP contribution is 2.49. The van der Waals surface area contributed by atoms with E-state index in [9.17, 15) is 14.2 Å². The highest BCUT2D eigenvalue weighted by molar-refractivity contribution is 7.53. The molecule has 0 radical (unpaired) electrons. The van der Waals surface area contributed by atoms with Crippen molar-refractivity contribution in [1.82, 2.24) is 9.55 Å². The fourth-order valence-electron chi connectivity index (χ4n) is 2.43. The number of hydrogen-bond acceptors (Lipinski definition) is 6. The summed E-state index contributed by atoms with van der Waals surface area (Å²) in [6.07, 6.45) is 4.77. The van der Waals surface area contributed by atoms with Gasteiger partial charge in [0.15, 0.2) is 6.23 Å². The minimum absolute atomic E-state index is 0.232. The topological polar surface area (TPSA) is 99.6 Å². The van der Waals surface area contributed by atoms with Gasteiger partial charge in [-0.25, -0.2) is 4.79 Å². The van der Waals surface area contributed by atoms with Crippen molar-refractivity contribution in [2.24, 2.45) is 0 Å². The zero-order valence-corrected chi connectivity index (χ0v) is 15.0. The van der Waals surface area contributed by atoms with Gasteiger partial charge < -0.3 is 13.8 Å². The molecule has 1 aromatic rings. The maximum absolute atomic E-state index is 12.4. The molecule has 0 aliphatic carbocycles. The van der Waals surface area contributed by atoms with Crippen molar-refractivity contribution < 1.29 is 18.3 Å². The Bertz CT molecular complexity index is 743. The molecule has 0 unspecified atom stereocenters. The van der Waals surface area contributed by atoms with E-state index in [2.05, 4.69) is 4.98 Å². The molecule has 134 valence electrons. The molecule has 2 rings (SSSR count). The summed E-state index contributed by atoms with van der Waals surface area (Å²) in [5, 5.41) is 0. The molecule has 9 heteroatoms. The van der Waals surface area contributed by atoms with E-state index in [4.69, 9.17) is 13.8 Å². The molecular weight excluding hydrogens is 335 g/mol. The second kappa shape index (κ2) is 8.07. The first-order chi connectivity index (χ1) is 11.4. The second-order valence-corrected chi connectivity index (χ2v) is 7.57. The number of hydrogen-bond donors (Lipinski definition) is 1. The van der Waals surface area contributed by atoms with E-state index in [0.29, 0.717) is 25.2 Å². The molecule has 24 heavy (non-hydrogen) atoms. The molecule has 8 nitrogen and oxygen atoms in total. The van der Waals surface area contributed by atoms with Crippen LogP contribution in [0.1, 0.15) is 32.1 Å². The monoisotopic (exact) mass is 358 g/mol. The van der Waals surface area contributed by atoms with Crippen LogP contribution in [0.15, 0.2) is 27.9 Å². The van der Waals surface area contributed by atoms with Crippen LogP contribution >= 0.6 is 7.60 Å². The SMILES string of the molecule is CCOP(=O)(CC[C@@H]1C=C[C@H](n2cc(C)c(=O)[nH]c2=O)O1)OCC. The van der Waals surface area contributed by atoms with E-state index < -0.39 is 25.1 Å². The Morgan fingerprint density at radius 1 is 1.25 bits per heavy atom. The van der Waals surface area contributed by atoms with Crippen molar-refractivity contribution in [1.29, 1.82) is 0 Å². The van der Waals surface area contributed by atoms with Crippen LogP contribution in [-0.4, -0.2) is 35.0 Å². The zero-order valence-electron chi connectivity index (χ0n) is 14.1. The molecule has 1 aliphatic rings. The molecule has 0 saturated carbocycles. The van der Waals surface area contributed by atoms with Crippen LogP contribution in [0.3, 0.4) is 0 Å². The minimum atomic E-state index is -3.12. The van der Waals surface area contributed by atoms with Gasteiger partial charge in [-0.05, 0) is 33.3 Å². The predicted molar refractivity (Wildman–Crippen MR) is 89.5 cm³/mol. The molecule has 0 spiro atoms. The second-order valence-electron chi connectivity index (χ2n) is 5.39. The van der Waals surface area contributed by atoms with Crippen LogP contribution in [0.5, 0.6) is 0 Å². The maximum atomic E-state index is 12.4. The predicted octanol–water partition coefficient (Wildman–Crippen LogP) is 1.95. The van der Waals surface area contributed by atoms with Gasteiger partial charge in [0, 0.05) is 11.8 Å². The lowest BCUT2D eigenvalue weighted by atomic mass is 10.3. The van der Waals surface area contributed by atoms with Crippen LogP contribution < -0.4 is 11.2 Å². The van der Waals surface area contributed by atoms with Gasteiger partial charge in [-0.1, -0.05) is 6.08 Å². The van der Waals surface area contributed by atoms with Crippen LogP contribution in [0.25, 0.3) is 0 Å². The van der Waals surface area contributed by atoms with Crippen molar-refractivity contribution in [2.75, 3.05) is 19.4 Å². The van der Waals surface area contributed by atoms with Gasteiger partial charge in [0.2, 0.25) is 0 Å². The van der Waals surface area contributed by atoms with Crippen molar-refractivity contribution in [3.05, 3.63) is 44.8 Å². The molecule has 0 amide bonds. The molecule has 1 N–H and O–H groups in total. The van der Waals surface area contributed by atoms with Crippen LogP contribution in [0, 0.1) is 6.92 Å². The van der Waals surface area contributed by atoms with E-state index >= 15 is 0 Å². The van der Waals surface area contributed by atoms with Gasteiger partial charge in [-0.15, -0.1) is 0 Å². The number of nitrogens with zero attached hydrogens (tertiary/aromatic N) is 1. The highest BCUT2D eigenvalue weighted by Gasteiger charge is 2.28. The number of rotatable bonds is 8. The molecule has 0 bridgehead atoms. The van der Waals surface area contributed by atoms with Crippen molar-refractivity contribution >= 4 is 7.60 Å². The summed E-state index contributed by atoms with van der Waals surface area (Å²) < 4.78 is 30.0. The Hall–Kier alpha value is -1.47. The number of aryl methyl sites for hydroxylation is 1. The average molecular weight is 358 g/mol. The van der Waals surface area contributed by atoms with E-state index in [1.54, 1.807) is 32.9 Å². The smallest absolute Gasteiger partial charge is 0.330 e. The normalized spacial score (nSPS) is 20.6. The van der Waals surface area contributed by atoms with Gasteiger partial charge in [0.05, 0.1) is 25.5 Å². The first-order valence-electron chi connectivity index (χ1n) is 7.92. The molecule has 2 heterocycles. The van der Waals surface area contributed by atoms with Gasteiger partial charge in [0.25, 0.3) is 5.56 Å². The first-order valence-corrected chi connectivity index (χ1v) is 9.65. The van der Waals surface area contributed by atoms with E-state index in [1.165, 1.54) is 10.8 Å². The Morgan fingerprint density at radius 3 is 2.54 bits per heavy atom.